The van der Waals surface area contributed by atoms with Crippen LogP contribution in [-0.4, -0.2) is 0 Å². The van der Waals surface area contributed by atoms with Crippen molar-refractivity contribution in [3.05, 3.63) is 59.4 Å². The fourth-order valence-electron chi connectivity index (χ4n) is 3.28. The van der Waals surface area contributed by atoms with Crippen LogP contribution in [-0.2, 0) is 0 Å². The quantitative estimate of drug-likeness (QED) is 0.650. The van der Waals surface area contributed by atoms with Gasteiger partial charge in [-0.15, -0.1) is 0 Å². The lowest BCUT2D eigenvalue weighted by molar-refractivity contribution is 0.558. The van der Waals surface area contributed by atoms with Crippen molar-refractivity contribution in [1.29, 1.82) is 0 Å². The molecule has 2 N–H and O–H groups in total. The van der Waals surface area contributed by atoms with Crippen LogP contribution in [0.4, 0.5) is 5.69 Å². The predicted molar refractivity (Wildman–Crippen MR) is 81.4 cm³/mol. The van der Waals surface area contributed by atoms with Crippen molar-refractivity contribution in [3.63, 3.8) is 0 Å². The molecule has 3 aromatic rings. The second-order valence-corrected chi connectivity index (χ2v) is 5.66. The lowest BCUT2D eigenvalue weighted by Crippen LogP contribution is -1.85. The zero-order chi connectivity index (χ0) is 13.3. The fraction of sp³-hybridized carbons (Fsp3) is 0.111. The molecular weight excluding hydrogens is 246 g/mol. The number of allylic oxidation sites excluding steroid dienone is 1. The van der Waals surface area contributed by atoms with Crippen LogP contribution in [0.15, 0.2) is 52.5 Å². The zero-order valence-electron chi connectivity index (χ0n) is 10.9. The molecule has 0 bridgehead atoms. The number of hydrogen-bond acceptors (Lipinski definition) is 2. The second-order valence-electron chi connectivity index (χ2n) is 5.66. The van der Waals surface area contributed by atoms with Crippen molar-refractivity contribution in [3.8, 4) is 11.1 Å². The molecule has 1 unspecified atom stereocenters. The third kappa shape index (κ3) is 1.23. The van der Waals surface area contributed by atoms with E-state index in [1.807, 2.05) is 18.2 Å². The lowest BCUT2D eigenvalue weighted by Gasteiger charge is -2.04. The van der Waals surface area contributed by atoms with Crippen molar-refractivity contribution in [2.24, 2.45) is 0 Å². The van der Waals surface area contributed by atoms with Crippen molar-refractivity contribution >= 4 is 22.7 Å². The van der Waals surface area contributed by atoms with Gasteiger partial charge >= 0.3 is 0 Å². The average molecular weight is 259 g/mol. The van der Waals surface area contributed by atoms with Gasteiger partial charge in [-0.25, -0.2) is 0 Å². The standard InChI is InChI=1S/C18H13NO/c19-12-4-1-3-10(7-12)13-5-2-6-14-16-9-11-8-15(11)18(16)20-17(13)14/h1-7,9,15H,8,19H2. The molecule has 5 rings (SSSR count). The molecule has 1 heterocycles. The second kappa shape index (κ2) is 3.34. The molecule has 1 fully saturated rings. The molecule has 96 valence electrons. The minimum Gasteiger partial charge on any atom is -0.459 e. The molecule has 1 saturated carbocycles. The van der Waals surface area contributed by atoms with Gasteiger partial charge in [-0.2, -0.15) is 0 Å². The first kappa shape index (κ1) is 10.3. The number of nitrogen functional groups attached to an aromatic ring is 1. The minimum absolute atomic E-state index is 0.561. The summed E-state index contributed by atoms with van der Waals surface area (Å²) in [5.74, 6) is 1.72. The molecule has 0 spiro atoms. The summed E-state index contributed by atoms with van der Waals surface area (Å²) in [7, 11) is 0. The summed E-state index contributed by atoms with van der Waals surface area (Å²) in [5.41, 5.74) is 12.7. The maximum atomic E-state index is 6.20. The molecule has 0 amide bonds. The number of benzene rings is 2. The van der Waals surface area contributed by atoms with Crippen LogP contribution < -0.4 is 5.73 Å². The largest absolute Gasteiger partial charge is 0.459 e. The Morgan fingerprint density at radius 3 is 2.90 bits per heavy atom. The molecule has 0 radical (unpaired) electrons. The van der Waals surface area contributed by atoms with Gasteiger partial charge in [0.1, 0.15) is 11.3 Å². The third-order valence-electron chi connectivity index (χ3n) is 4.35. The van der Waals surface area contributed by atoms with Gasteiger partial charge in [-0.1, -0.05) is 42.0 Å². The average Bonchev–Trinajstić information content (AvgIpc) is 2.98. The molecule has 2 nitrogen and oxygen atoms in total. The monoisotopic (exact) mass is 259 g/mol. The summed E-state index contributed by atoms with van der Waals surface area (Å²) < 4.78 is 6.20. The van der Waals surface area contributed by atoms with E-state index in [1.165, 1.54) is 22.9 Å². The molecule has 2 aromatic carbocycles. The summed E-state index contributed by atoms with van der Waals surface area (Å²) in [6.07, 6.45) is 3.48. The highest BCUT2D eigenvalue weighted by Gasteiger charge is 2.41. The topological polar surface area (TPSA) is 39.2 Å². The highest BCUT2D eigenvalue weighted by atomic mass is 16.3. The summed E-state index contributed by atoms with van der Waals surface area (Å²) >= 11 is 0. The van der Waals surface area contributed by atoms with E-state index in [4.69, 9.17) is 10.2 Å². The maximum Gasteiger partial charge on any atom is 0.142 e. The van der Waals surface area contributed by atoms with Crippen molar-refractivity contribution in [2.45, 2.75) is 12.3 Å². The predicted octanol–water partition coefficient (Wildman–Crippen LogP) is 4.57. The summed E-state index contributed by atoms with van der Waals surface area (Å²) in [6.45, 7) is 0. The van der Waals surface area contributed by atoms with Gasteiger partial charge in [-0.05, 0) is 24.1 Å². The normalized spacial score (nSPS) is 18.8. The van der Waals surface area contributed by atoms with Gasteiger partial charge in [0.2, 0.25) is 0 Å². The summed E-state index contributed by atoms with van der Waals surface area (Å²) in [6, 6.07) is 14.3. The molecule has 0 saturated heterocycles. The Bertz CT molecular complexity index is 901. The Hall–Kier alpha value is -2.48. The van der Waals surface area contributed by atoms with Crippen molar-refractivity contribution < 1.29 is 4.42 Å². The summed E-state index contributed by atoms with van der Waals surface area (Å²) in [4.78, 5) is 0. The van der Waals surface area contributed by atoms with Crippen LogP contribution in [0.3, 0.4) is 0 Å². The number of anilines is 1. The Morgan fingerprint density at radius 2 is 2.00 bits per heavy atom. The van der Waals surface area contributed by atoms with E-state index in [2.05, 4.69) is 30.3 Å². The molecule has 1 atom stereocenters. The Labute approximate surface area is 116 Å². The highest BCUT2D eigenvalue weighted by Crippen LogP contribution is 2.57. The van der Waals surface area contributed by atoms with E-state index >= 15 is 0 Å². The van der Waals surface area contributed by atoms with Crippen LogP contribution in [0.25, 0.3) is 28.2 Å². The van der Waals surface area contributed by atoms with Crippen molar-refractivity contribution in [1.82, 2.24) is 0 Å². The molecule has 2 heteroatoms. The molecule has 0 aliphatic heterocycles. The number of rotatable bonds is 1. The zero-order valence-corrected chi connectivity index (χ0v) is 10.9. The number of hydrogen-bond donors (Lipinski definition) is 1. The van der Waals surface area contributed by atoms with Gasteiger partial charge in [0.25, 0.3) is 0 Å². The minimum atomic E-state index is 0.561. The van der Waals surface area contributed by atoms with Crippen LogP contribution in [0.1, 0.15) is 23.7 Å². The third-order valence-corrected chi connectivity index (χ3v) is 4.35. The van der Waals surface area contributed by atoms with Gasteiger partial charge in [0.05, 0.1) is 0 Å². The van der Waals surface area contributed by atoms with Crippen LogP contribution >= 0.6 is 0 Å². The molecule has 20 heavy (non-hydrogen) atoms. The first-order chi connectivity index (χ1) is 9.81. The molecule has 2 aliphatic carbocycles. The van der Waals surface area contributed by atoms with Crippen molar-refractivity contribution in [2.75, 3.05) is 5.73 Å². The van der Waals surface area contributed by atoms with Gasteiger partial charge in [0, 0.05) is 28.1 Å². The van der Waals surface area contributed by atoms with E-state index in [-0.39, 0.29) is 0 Å². The number of para-hydroxylation sites is 1. The van der Waals surface area contributed by atoms with E-state index in [9.17, 15) is 0 Å². The fourth-order valence-corrected chi connectivity index (χ4v) is 3.28. The Kier molecular flexibility index (Phi) is 1.72. The van der Waals surface area contributed by atoms with Crippen LogP contribution in [0, 0.1) is 0 Å². The van der Waals surface area contributed by atoms with Gasteiger partial charge in [0.15, 0.2) is 0 Å². The van der Waals surface area contributed by atoms with E-state index in [1.54, 1.807) is 0 Å². The van der Waals surface area contributed by atoms with Gasteiger partial charge in [-0.3, -0.25) is 0 Å². The maximum absolute atomic E-state index is 6.20. The molecule has 2 aliphatic rings. The van der Waals surface area contributed by atoms with E-state index in [0.717, 1.165) is 28.2 Å². The highest BCUT2D eigenvalue weighted by molar-refractivity contribution is 6.00. The van der Waals surface area contributed by atoms with Crippen LogP contribution in [0.2, 0.25) is 0 Å². The molecular formula is C18H13NO. The smallest absolute Gasteiger partial charge is 0.142 e. The first-order valence-corrected chi connectivity index (χ1v) is 6.93. The first-order valence-electron chi connectivity index (χ1n) is 6.93. The molecule has 1 aromatic heterocycles. The van der Waals surface area contributed by atoms with E-state index in [0.29, 0.717) is 5.92 Å². The Morgan fingerprint density at radius 1 is 1.10 bits per heavy atom. The summed E-state index contributed by atoms with van der Waals surface area (Å²) in [5, 5.41) is 1.22. The number of nitrogens with two attached hydrogens (primary N) is 1. The number of furan rings is 1. The van der Waals surface area contributed by atoms with E-state index < -0.39 is 0 Å². The van der Waals surface area contributed by atoms with Crippen LogP contribution in [0.5, 0.6) is 0 Å². The SMILES string of the molecule is Nc1cccc(-c2cccc3c4c(oc23)C2CC2=C4)c1. The van der Waals surface area contributed by atoms with Gasteiger partial charge < -0.3 is 10.2 Å². The Balaban J connectivity index is 1.82. The number of fused-ring (bicyclic) bond motifs is 5. The lowest BCUT2D eigenvalue weighted by atomic mass is 10.0.